The molecule has 0 bridgehead atoms. The highest BCUT2D eigenvalue weighted by Crippen LogP contribution is 2.26. The zero-order valence-corrected chi connectivity index (χ0v) is 14.9. The van der Waals surface area contributed by atoms with Crippen molar-refractivity contribution in [2.24, 2.45) is 0 Å². The average molecular weight is 338 g/mol. The summed E-state index contributed by atoms with van der Waals surface area (Å²) in [7, 11) is 4.14. The van der Waals surface area contributed by atoms with Crippen LogP contribution in [0.4, 0.5) is 0 Å². The van der Waals surface area contributed by atoms with Crippen LogP contribution in [0.15, 0.2) is 24.3 Å². The van der Waals surface area contributed by atoms with Crippen molar-refractivity contribution in [1.29, 1.82) is 0 Å². The summed E-state index contributed by atoms with van der Waals surface area (Å²) in [5.74, 6) is 1.60. The lowest BCUT2D eigenvalue weighted by Crippen LogP contribution is -2.29. The van der Waals surface area contributed by atoms with Gasteiger partial charge >= 0.3 is 0 Å². The van der Waals surface area contributed by atoms with Gasteiger partial charge in [-0.3, -0.25) is 0 Å². The normalized spacial score (nSPS) is 20.9. The summed E-state index contributed by atoms with van der Waals surface area (Å²) in [6, 6.07) is 7.84. The third-order valence-corrected chi connectivity index (χ3v) is 3.92. The molecule has 0 fully saturated rings. The molecule has 0 saturated carbocycles. The van der Waals surface area contributed by atoms with E-state index < -0.39 is 0 Å². The Hall–Kier alpha value is -1.34. The molecule has 24 heavy (non-hydrogen) atoms. The molecule has 6 nitrogen and oxygen atoms in total. The highest BCUT2D eigenvalue weighted by molar-refractivity contribution is 5.39. The number of ether oxygens (including phenoxy) is 4. The largest absolute Gasteiger partial charge is 0.488 e. The molecule has 1 aromatic rings. The van der Waals surface area contributed by atoms with Gasteiger partial charge in [0.1, 0.15) is 13.2 Å². The number of likely N-dealkylation sites (N-methyl/N-ethyl adjacent to an activating group) is 2. The summed E-state index contributed by atoms with van der Waals surface area (Å²) in [4.78, 5) is 4.39. The average Bonchev–Trinajstić information content (AvgIpc) is 2.58. The van der Waals surface area contributed by atoms with Gasteiger partial charge in [-0.15, -0.1) is 0 Å². The lowest BCUT2D eigenvalue weighted by molar-refractivity contribution is 0.0330. The second-order valence-corrected chi connectivity index (χ2v) is 5.97. The molecule has 1 heterocycles. The first-order valence-corrected chi connectivity index (χ1v) is 8.63. The number of para-hydroxylation sites is 2. The van der Waals surface area contributed by atoms with Crippen LogP contribution in [0.25, 0.3) is 0 Å². The summed E-state index contributed by atoms with van der Waals surface area (Å²) in [5, 5.41) is 0. The monoisotopic (exact) mass is 338 g/mol. The van der Waals surface area contributed by atoms with Crippen LogP contribution < -0.4 is 9.47 Å². The molecule has 2 rings (SSSR count). The summed E-state index contributed by atoms with van der Waals surface area (Å²) in [6.07, 6.45) is 0. The predicted octanol–water partition coefficient (Wildman–Crippen LogP) is 1.35. The van der Waals surface area contributed by atoms with Gasteiger partial charge in [-0.05, 0) is 26.2 Å². The first-order valence-electron chi connectivity index (χ1n) is 8.63. The SMILES string of the molecule is CN1CCOCCOCCN(C)CCOc2ccccc2OCC1. The van der Waals surface area contributed by atoms with E-state index in [0.29, 0.717) is 39.6 Å². The second-order valence-electron chi connectivity index (χ2n) is 5.97. The van der Waals surface area contributed by atoms with Gasteiger partial charge in [0.05, 0.1) is 26.4 Å². The summed E-state index contributed by atoms with van der Waals surface area (Å²) in [6.45, 7) is 7.40. The maximum absolute atomic E-state index is 5.89. The summed E-state index contributed by atoms with van der Waals surface area (Å²) < 4.78 is 23.0. The lowest BCUT2D eigenvalue weighted by atomic mass is 10.3. The van der Waals surface area contributed by atoms with Crippen LogP contribution in [-0.4, -0.2) is 89.7 Å². The molecule has 0 radical (unpaired) electrons. The van der Waals surface area contributed by atoms with Gasteiger partial charge < -0.3 is 28.7 Å². The molecule has 0 spiro atoms. The van der Waals surface area contributed by atoms with Crippen LogP contribution in [0, 0.1) is 0 Å². The number of nitrogens with zero attached hydrogens (tertiary/aromatic N) is 2. The minimum atomic E-state index is 0.625. The first kappa shape index (κ1) is 19.0. The number of hydrogen-bond donors (Lipinski definition) is 0. The third kappa shape index (κ3) is 7.49. The molecule has 1 aliphatic rings. The van der Waals surface area contributed by atoms with E-state index in [-0.39, 0.29) is 0 Å². The molecule has 6 heteroatoms. The summed E-state index contributed by atoms with van der Waals surface area (Å²) in [5.41, 5.74) is 0. The second kappa shape index (κ2) is 11.3. The Bertz CT molecular complexity index is 417. The highest BCUT2D eigenvalue weighted by atomic mass is 16.5. The van der Waals surface area contributed by atoms with Crippen LogP contribution >= 0.6 is 0 Å². The standard InChI is InChI=1S/C18H30N2O4/c1-19-7-11-21-15-16-22-12-8-20(2)10-14-24-18-6-4-3-5-17(18)23-13-9-19/h3-6H,7-16H2,1-2H3. The van der Waals surface area contributed by atoms with Gasteiger partial charge in [-0.25, -0.2) is 0 Å². The van der Waals surface area contributed by atoms with Gasteiger partial charge in [-0.1, -0.05) is 12.1 Å². The number of fused-ring (bicyclic) bond motifs is 1. The van der Waals surface area contributed by atoms with Gasteiger partial charge in [0.15, 0.2) is 11.5 Å². The lowest BCUT2D eigenvalue weighted by Gasteiger charge is -2.20. The number of hydrogen-bond acceptors (Lipinski definition) is 6. The van der Waals surface area contributed by atoms with E-state index in [9.17, 15) is 0 Å². The predicted molar refractivity (Wildman–Crippen MR) is 94.1 cm³/mol. The Morgan fingerprint density at radius 1 is 0.625 bits per heavy atom. The molecule has 0 amide bonds. The quantitative estimate of drug-likeness (QED) is 0.712. The van der Waals surface area contributed by atoms with Crippen molar-refractivity contribution in [2.45, 2.75) is 0 Å². The fourth-order valence-electron chi connectivity index (χ4n) is 2.30. The van der Waals surface area contributed by atoms with Crippen molar-refractivity contribution in [3.63, 3.8) is 0 Å². The Morgan fingerprint density at radius 2 is 1.04 bits per heavy atom. The van der Waals surface area contributed by atoms with Crippen LogP contribution in [0.2, 0.25) is 0 Å². The van der Waals surface area contributed by atoms with Crippen LogP contribution in [0.5, 0.6) is 11.5 Å². The Kier molecular flexibility index (Phi) is 8.91. The highest BCUT2D eigenvalue weighted by Gasteiger charge is 2.07. The fourth-order valence-corrected chi connectivity index (χ4v) is 2.30. The molecule has 0 aliphatic carbocycles. The molecular weight excluding hydrogens is 308 g/mol. The molecule has 0 unspecified atom stereocenters. The van der Waals surface area contributed by atoms with Gasteiger partial charge in [0.2, 0.25) is 0 Å². The number of rotatable bonds is 0. The van der Waals surface area contributed by atoms with E-state index in [4.69, 9.17) is 18.9 Å². The van der Waals surface area contributed by atoms with E-state index >= 15 is 0 Å². The Balaban J connectivity index is 1.88. The van der Waals surface area contributed by atoms with Crippen molar-refractivity contribution in [3.05, 3.63) is 24.3 Å². The van der Waals surface area contributed by atoms with Crippen molar-refractivity contribution < 1.29 is 18.9 Å². The van der Waals surface area contributed by atoms with E-state index in [1.807, 2.05) is 24.3 Å². The smallest absolute Gasteiger partial charge is 0.161 e. The molecule has 0 N–H and O–H groups in total. The minimum Gasteiger partial charge on any atom is -0.488 e. The maximum Gasteiger partial charge on any atom is 0.161 e. The molecule has 1 aromatic carbocycles. The first-order chi connectivity index (χ1) is 11.8. The fraction of sp³-hybridized carbons (Fsp3) is 0.667. The zero-order valence-electron chi connectivity index (χ0n) is 14.9. The van der Waals surface area contributed by atoms with Crippen molar-refractivity contribution in [2.75, 3.05) is 79.9 Å². The Morgan fingerprint density at radius 3 is 1.50 bits per heavy atom. The van der Waals surface area contributed by atoms with Crippen LogP contribution in [0.3, 0.4) is 0 Å². The third-order valence-electron chi connectivity index (χ3n) is 3.92. The molecule has 0 atom stereocenters. The van der Waals surface area contributed by atoms with Crippen molar-refractivity contribution >= 4 is 0 Å². The van der Waals surface area contributed by atoms with E-state index in [2.05, 4.69) is 23.9 Å². The maximum atomic E-state index is 5.89. The van der Waals surface area contributed by atoms with Gasteiger partial charge in [0, 0.05) is 26.2 Å². The van der Waals surface area contributed by atoms with E-state index in [0.717, 1.165) is 37.7 Å². The van der Waals surface area contributed by atoms with E-state index in [1.54, 1.807) is 0 Å². The van der Waals surface area contributed by atoms with Crippen molar-refractivity contribution in [1.82, 2.24) is 9.80 Å². The minimum absolute atomic E-state index is 0.625. The molecule has 0 saturated heterocycles. The molecule has 1 aliphatic heterocycles. The van der Waals surface area contributed by atoms with Crippen molar-refractivity contribution in [3.8, 4) is 11.5 Å². The zero-order chi connectivity index (χ0) is 17.0. The summed E-state index contributed by atoms with van der Waals surface area (Å²) >= 11 is 0. The van der Waals surface area contributed by atoms with Gasteiger partial charge in [0.25, 0.3) is 0 Å². The van der Waals surface area contributed by atoms with Crippen LogP contribution in [0.1, 0.15) is 0 Å². The topological polar surface area (TPSA) is 43.4 Å². The van der Waals surface area contributed by atoms with Gasteiger partial charge in [-0.2, -0.15) is 0 Å². The van der Waals surface area contributed by atoms with E-state index in [1.165, 1.54) is 0 Å². The Labute approximate surface area is 145 Å². The molecule has 0 aromatic heterocycles. The van der Waals surface area contributed by atoms with Crippen LogP contribution in [-0.2, 0) is 9.47 Å². The number of benzene rings is 1. The molecular formula is C18H30N2O4. The molecule has 136 valence electrons.